The van der Waals surface area contributed by atoms with Crippen LogP contribution in [0.25, 0.3) is 0 Å². The predicted molar refractivity (Wildman–Crippen MR) is 75.1 cm³/mol. The first-order valence-electron chi connectivity index (χ1n) is 6.13. The average molecular weight is 355 g/mol. The standard InChI is InChI=1S/C14H9ClF6N2/c15-11-7-9(14(19,20)21)3-6-12(11)23-22-10-4-1-8(2-5-10)13(16,17)18/h1-7,22-23H. The summed E-state index contributed by atoms with van der Waals surface area (Å²) in [5.41, 5.74) is 3.82. The summed E-state index contributed by atoms with van der Waals surface area (Å²) in [6.45, 7) is 0. The van der Waals surface area contributed by atoms with Gasteiger partial charge < -0.3 is 5.43 Å². The summed E-state index contributed by atoms with van der Waals surface area (Å²) in [5, 5.41) is -0.181. The molecule has 2 rings (SSSR count). The zero-order valence-corrected chi connectivity index (χ0v) is 11.9. The zero-order valence-electron chi connectivity index (χ0n) is 11.2. The summed E-state index contributed by atoms with van der Waals surface area (Å²) in [7, 11) is 0. The third kappa shape index (κ3) is 4.44. The summed E-state index contributed by atoms with van der Waals surface area (Å²) in [4.78, 5) is 0. The monoisotopic (exact) mass is 354 g/mol. The molecule has 0 saturated carbocycles. The van der Waals surface area contributed by atoms with Crippen LogP contribution >= 0.6 is 11.6 Å². The summed E-state index contributed by atoms with van der Waals surface area (Å²) >= 11 is 5.74. The van der Waals surface area contributed by atoms with E-state index in [4.69, 9.17) is 11.6 Å². The SMILES string of the molecule is FC(F)(F)c1ccc(NNc2ccc(C(F)(F)F)cc2Cl)cc1. The Bertz CT molecular complexity index is 679. The molecule has 124 valence electrons. The van der Waals surface area contributed by atoms with Crippen molar-refractivity contribution in [3.8, 4) is 0 Å². The van der Waals surface area contributed by atoms with Gasteiger partial charge in [0.25, 0.3) is 0 Å². The molecule has 0 aliphatic rings. The highest BCUT2D eigenvalue weighted by molar-refractivity contribution is 6.33. The molecule has 2 aromatic carbocycles. The van der Waals surface area contributed by atoms with E-state index in [-0.39, 0.29) is 16.4 Å². The highest BCUT2D eigenvalue weighted by Gasteiger charge is 2.31. The molecule has 0 fully saturated rings. The summed E-state index contributed by atoms with van der Waals surface area (Å²) < 4.78 is 74.7. The van der Waals surface area contributed by atoms with E-state index >= 15 is 0 Å². The average Bonchev–Trinajstić information content (AvgIpc) is 2.44. The van der Waals surface area contributed by atoms with Crippen molar-refractivity contribution in [2.45, 2.75) is 12.4 Å². The Kier molecular flexibility index (Phi) is 4.65. The Morgan fingerprint density at radius 3 is 1.70 bits per heavy atom. The van der Waals surface area contributed by atoms with Crippen molar-refractivity contribution in [3.05, 3.63) is 58.6 Å². The quantitative estimate of drug-likeness (QED) is 0.536. The minimum Gasteiger partial charge on any atom is -0.301 e. The minimum atomic E-state index is -4.51. The van der Waals surface area contributed by atoms with Crippen molar-refractivity contribution in [2.24, 2.45) is 0 Å². The van der Waals surface area contributed by atoms with E-state index in [9.17, 15) is 26.3 Å². The van der Waals surface area contributed by atoms with Crippen molar-refractivity contribution < 1.29 is 26.3 Å². The van der Waals surface area contributed by atoms with Gasteiger partial charge in [0.1, 0.15) is 0 Å². The molecule has 0 bridgehead atoms. The van der Waals surface area contributed by atoms with Gasteiger partial charge in [-0.15, -0.1) is 0 Å². The molecule has 2 nitrogen and oxygen atoms in total. The lowest BCUT2D eigenvalue weighted by molar-refractivity contribution is -0.138. The molecule has 23 heavy (non-hydrogen) atoms. The van der Waals surface area contributed by atoms with E-state index in [1.807, 2.05) is 0 Å². The Labute approximate surface area is 132 Å². The number of hydrogen-bond donors (Lipinski definition) is 2. The fourth-order valence-electron chi connectivity index (χ4n) is 1.67. The van der Waals surface area contributed by atoms with Gasteiger partial charge in [-0.2, -0.15) is 26.3 Å². The topological polar surface area (TPSA) is 24.1 Å². The Balaban J connectivity index is 2.06. The molecule has 0 aliphatic heterocycles. The molecule has 0 unspecified atom stereocenters. The molecule has 2 N–H and O–H groups in total. The molecule has 0 amide bonds. The summed E-state index contributed by atoms with van der Waals surface area (Å²) in [6.07, 6.45) is -8.95. The summed E-state index contributed by atoms with van der Waals surface area (Å²) in [6, 6.07) is 6.79. The smallest absolute Gasteiger partial charge is 0.301 e. The third-order valence-electron chi connectivity index (χ3n) is 2.85. The molecule has 2 aromatic rings. The first-order valence-corrected chi connectivity index (χ1v) is 6.51. The molecular weight excluding hydrogens is 346 g/mol. The van der Waals surface area contributed by atoms with Crippen LogP contribution in [0.2, 0.25) is 5.02 Å². The van der Waals surface area contributed by atoms with Crippen LogP contribution < -0.4 is 10.9 Å². The van der Waals surface area contributed by atoms with E-state index in [1.165, 1.54) is 12.1 Å². The van der Waals surface area contributed by atoms with Crippen molar-refractivity contribution in [1.29, 1.82) is 0 Å². The van der Waals surface area contributed by atoms with E-state index in [0.717, 1.165) is 30.3 Å². The molecule has 9 heteroatoms. The number of benzene rings is 2. The highest BCUT2D eigenvalue weighted by Crippen LogP contribution is 2.34. The Morgan fingerprint density at radius 1 is 0.696 bits per heavy atom. The highest BCUT2D eigenvalue weighted by atomic mass is 35.5. The number of nitrogens with one attached hydrogen (secondary N) is 2. The lowest BCUT2D eigenvalue weighted by Crippen LogP contribution is -2.11. The van der Waals surface area contributed by atoms with Gasteiger partial charge in [-0.05, 0) is 42.5 Å². The predicted octanol–water partition coefficient (Wildman–Crippen LogP) is 5.82. The van der Waals surface area contributed by atoms with Gasteiger partial charge in [0.15, 0.2) is 0 Å². The van der Waals surface area contributed by atoms with Gasteiger partial charge in [-0.1, -0.05) is 11.6 Å². The van der Waals surface area contributed by atoms with Gasteiger partial charge in [0.2, 0.25) is 0 Å². The second-order valence-electron chi connectivity index (χ2n) is 4.52. The molecule has 0 heterocycles. The van der Waals surface area contributed by atoms with Crippen LogP contribution in [0.15, 0.2) is 42.5 Å². The van der Waals surface area contributed by atoms with Crippen molar-refractivity contribution >= 4 is 23.0 Å². The van der Waals surface area contributed by atoms with E-state index in [0.29, 0.717) is 0 Å². The van der Waals surface area contributed by atoms with Crippen LogP contribution in [0.1, 0.15) is 11.1 Å². The fourth-order valence-corrected chi connectivity index (χ4v) is 1.90. The van der Waals surface area contributed by atoms with Gasteiger partial charge in [-0.25, -0.2) is 0 Å². The summed E-state index contributed by atoms with van der Waals surface area (Å²) in [5.74, 6) is 0. The molecular formula is C14H9ClF6N2. The molecule has 0 saturated heterocycles. The number of alkyl halides is 6. The molecule has 0 radical (unpaired) electrons. The largest absolute Gasteiger partial charge is 0.416 e. The second kappa shape index (κ2) is 6.19. The van der Waals surface area contributed by atoms with Gasteiger partial charge in [0, 0.05) is 0 Å². The van der Waals surface area contributed by atoms with E-state index in [2.05, 4.69) is 10.9 Å². The Hall–Kier alpha value is -2.09. The molecule has 0 aromatic heterocycles. The maximum Gasteiger partial charge on any atom is 0.416 e. The van der Waals surface area contributed by atoms with Crippen LogP contribution in [0.3, 0.4) is 0 Å². The number of rotatable bonds is 3. The first kappa shape index (κ1) is 17.3. The van der Waals surface area contributed by atoms with Crippen molar-refractivity contribution in [1.82, 2.24) is 0 Å². The van der Waals surface area contributed by atoms with Crippen LogP contribution in [0, 0.1) is 0 Å². The Morgan fingerprint density at radius 2 is 1.22 bits per heavy atom. The molecule has 0 aliphatic carbocycles. The maximum absolute atomic E-state index is 12.5. The van der Waals surface area contributed by atoms with Gasteiger partial charge >= 0.3 is 12.4 Å². The van der Waals surface area contributed by atoms with E-state index in [1.54, 1.807) is 0 Å². The van der Waals surface area contributed by atoms with Crippen LogP contribution in [0.4, 0.5) is 37.7 Å². The number of hydrogen-bond acceptors (Lipinski definition) is 2. The third-order valence-corrected chi connectivity index (χ3v) is 3.16. The van der Waals surface area contributed by atoms with Crippen molar-refractivity contribution in [2.75, 3.05) is 10.9 Å². The second-order valence-corrected chi connectivity index (χ2v) is 4.92. The zero-order chi connectivity index (χ0) is 17.3. The van der Waals surface area contributed by atoms with Crippen LogP contribution in [0.5, 0.6) is 0 Å². The molecule has 0 atom stereocenters. The number of hydrazine groups is 1. The lowest BCUT2D eigenvalue weighted by Gasteiger charge is -2.14. The molecule has 0 spiro atoms. The van der Waals surface area contributed by atoms with Crippen molar-refractivity contribution in [3.63, 3.8) is 0 Å². The van der Waals surface area contributed by atoms with Crippen LogP contribution in [-0.4, -0.2) is 0 Å². The minimum absolute atomic E-state index is 0.152. The first-order chi connectivity index (χ1) is 10.6. The number of halogens is 7. The normalized spacial score (nSPS) is 12.1. The van der Waals surface area contributed by atoms with E-state index < -0.39 is 23.5 Å². The fraction of sp³-hybridized carbons (Fsp3) is 0.143. The van der Waals surface area contributed by atoms with Gasteiger partial charge in [0.05, 0.1) is 27.5 Å². The van der Waals surface area contributed by atoms with Gasteiger partial charge in [-0.3, -0.25) is 5.43 Å². The maximum atomic E-state index is 12.5. The van der Waals surface area contributed by atoms with Crippen LogP contribution in [-0.2, 0) is 12.4 Å². The number of anilines is 2. The lowest BCUT2D eigenvalue weighted by atomic mass is 10.2.